The first-order valence-electron chi connectivity index (χ1n) is 8.25. The van der Waals surface area contributed by atoms with Gasteiger partial charge in [-0.2, -0.15) is 0 Å². The predicted octanol–water partition coefficient (Wildman–Crippen LogP) is 4.13. The maximum atomic E-state index is 13.1. The van der Waals surface area contributed by atoms with Crippen LogP contribution in [0.15, 0.2) is 53.9 Å². The molecule has 0 saturated carbocycles. The van der Waals surface area contributed by atoms with Gasteiger partial charge < -0.3 is 10.0 Å². The van der Waals surface area contributed by atoms with Crippen LogP contribution in [-0.4, -0.2) is 16.8 Å². The summed E-state index contributed by atoms with van der Waals surface area (Å²) < 4.78 is 0. The molecule has 0 unspecified atom stereocenters. The molecule has 26 heavy (non-hydrogen) atoms. The molecule has 1 amide bonds. The lowest BCUT2D eigenvalue weighted by Crippen LogP contribution is -2.41. The van der Waals surface area contributed by atoms with Crippen LogP contribution in [0.5, 0.6) is 0 Å². The molecule has 6 heteroatoms. The molecule has 1 aliphatic rings. The minimum atomic E-state index is -1.82. The Balaban J connectivity index is 1.69. The van der Waals surface area contributed by atoms with E-state index < -0.39 is 11.5 Å². The highest BCUT2D eigenvalue weighted by Gasteiger charge is 2.50. The molecule has 0 bridgehead atoms. The number of carbonyl (C=O) groups excluding carboxylic acids is 2. The maximum Gasteiger partial charge on any atom is 0.264 e. The number of benzene rings is 1. The van der Waals surface area contributed by atoms with Crippen LogP contribution >= 0.6 is 22.7 Å². The average Bonchev–Trinajstić information content (AvgIpc) is 3.33. The number of anilines is 1. The number of aliphatic hydroxyl groups is 1. The van der Waals surface area contributed by atoms with Gasteiger partial charge in [0.05, 0.1) is 23.5 Å². The number of ketones is 1. The Morgan fingerprint density at radius 3 is 2.65 bits per heavy atom. The second kappa shape index (κ2) is 6.46. The number of carbonyl (C=O) groups is 2. The molecule has 0 saturated heterocycles. The molecule has 0 aliphatic carbocycles. The lowest BCUT2D eigenvalue weighted by Gasteiger charge is -2.22. The Bertz CT molecular complexity index is 977. The molecule has 2 aromatic heterocycles. The molecule has 0 fully saturated rings. The molecule has 3 aromatic rings. The molecule has 1 atom stereocenters. The van der Waals surface area contributed by atoms with Crippen LogP contribution in [-0.2, 0) is 16.9 Å². The summed E-state index contributed by atoms with van der Waals surface area (Å²) in [5, 5.41) is 13.2. The van der Waals surface area contributed by atoms with E-state index in [0.29, 0.717) is 22.7 Å². The maximum absolute atomic E-state index is 13.1. The van der Waals surface area contributed by atoms with Crippen molar-refractivity contribution >= 4 is 40.1 Å². The summed E-state index contributed by atoms with van der Waals surface area (Å²) in [4.78, 5) is 30.0. The fourth-order valence-corrected chi connectivity index (χ4v) is 4.79. The number of rotatable bonds is 5. The van der Waals surface area contributed by atoms with E-state index in [0.717, 1.165) is 9.75 Å². The molecular formula is C20H17NO3S2. The van der Waals surface area contributed by atoms with Crippen LogP contribution in [0.1, 0.15) is 31.4 Å². The van der Waals surface area contributed by atoms with Crippen molar-refractivity contribution in [1.29, 1.82) is 0 Å². The van der Waals surface area contributed by atoms with E-state index in [1.54, 1.807) is 34.4 Å². The monoisotopic (exact) mass is 383 g/mol. The Labute approximate surface area is 159 Å². The van der Waals surface area contributed by atoms with Crippen molar-refractivity contribution in [2.45, 2.75) is 25.5 Å². The summed E-state index contributed by atoms with van der Waals surface area (Å²) in [7, 11) is 0. The Hall–Kier alpha value is -2.28. The summed E-state index contributed by atoms with van der Waals surface area (Å²) >= 11 is 2.94. The van der Waals surface area contributed by atoms with E-state index in [-0.39, 0.29) is 12.2 Å². The van der Waals surface area contributed by atoms with Crippen molar-refractivity contribution in [2.75, 3.05) is 4.90 Å². The predicted molar refractivity (Wildman–Crippen MR) is 104 cm³/mol. The van der Waals surface area contributed by atoms with Gasteiger partial charge in [-0.15, -0.1) is 22.7 Å². The third-order valence-corrected chi connectivity index (χ3v) is 6.47. The zero-order valence-electron chi connectivity index (χ0n) is 14.1. The van der Waals surface area contributed by atoms with Crippen molar-refractivity contribution in [3.05, 3.63) is 74.1 Å². The Morgan fingerprint density at radius 1 is 1.15 bits per heavy atom. The summed E-state index contributed by atoms with van der Waals surface area (Å²) in [6, 6.07) is 14.7. The third kappa shape index (κ3) is 2.80. The number of aryl methyl sites for hydroxylation is 1. The first kappa shape index (κ1) is 17.1. The molecule has 1 aliphatic heterocycles. The van der Waals surface area contributed by atoms with Crippen LogP contribution in [0.25, 0.3) is 0 Å². The topological polar surface area (TPSA) is 57.6 Å². The van der Waals surface area contributed by atoms with E-state index >= 15 is 0 Å². The molecule has 0 radical (unpaired) electrons. The highest BCUT2D eigenvalue weighted by Crippen LogP contribution is 2.44. The molecule has 3 heterocycles. The summed E-state index contributed by atoms with van der Waals surface area (Å²) in [6.45, 7) is 2.32. The SMILES string of the molecule is Cc1ccc(C(=O)C[C@@]2(O)C(=O)N(Cc3cccs3)c3ccccc32)s1. The van der Waals surface area contributed by atoms with Gasteiger partial charge >= 0.3 is 0 Å². The van der Waals surface area contributed by atoms with Gasteiger partial charge in [0.1, 0.15) is 0 Å². The van der Waals surface area contributed by atoms with Crippen LogP contribution in [0, 0.1) is 6.92 Å². The van der Waals surface area contributed by atoms with Gasteiger partial charge in [-0.3, -0.25) is 9.59 Å². The van der Waals surface area contributed by atoms with Crippen molar-refractivity contribution in [1.82, 2.24) is 0 Å². The van der Waals surface area contributed by atoms with E-state index in [9.17, 15) is 14.7 Å². The normalized spacial score (nSPS) is 19.0. The molecule has 1 aromatic carbocycles. The number of nitrogens with zero attached hydrogens (tertiary/aromatic N) is 1. The smallest absolute Gasteiger partial charge is 0.264 e. The number of hydrogen-bond acceptors (Lipinski definition) is 5. The van der Waals surface area contributed by atoms with Crippen LogP contribution < -0.4 is 4.90 Å². The van der Waals surface area contributed by atoms with Gasteiger partial charge in [0.15, 0.2) is 11.4 Å². The fourth-order valence-electron chi connectivity index (χ4n) is 3.30. The van der Waals surface area contributed by atoms with Gasteiger partial charge in [-0.1, -0.05) is 24.3 Å². The van der Waals surface area contributed by atoms with Gasteiger partial charge in [0, 0.05) is 15.3 Å². The summed E-state index contributed by atoms with van der Waals surface area (Å²) in [5.41, 5.74) is -0.644. The van der Waals surface area contributed by atoms with Gasteiger partial charge in [-0.05, 0) is 36.6 Å². The van der Waals surface area contributed by atoms with Crippen LogP contribution in [0.3, 0.4) is 0 Å². The largest absolute Gasteiger partial charge is 0.375 e. The van der Waals surface area contributed by atoms with E-state index in [1.807, 2.05) is 42.6 Å². The van der Waals surface area contributed by atoms with Gasteiger partial charge in [0.25, 0.3) is 5.91 Å². The van der Waals surface area contributed by atoms with Gasteiger partial charge in [-0.25, -0.2) is 0 Å². The zero-order valence-corrected chi connectivity index (χ0v) is 15.8. The van der Waals surface area contributed by atoms with Gasteiger partial charge in [0.2, 0.25) is 0 Å². The molecular weight excluding hydrogens is 366 g/mol. The Morgan fingerprint density at radius 2 is 1.96 bits per heavy atom. The number of thiophene rings is 2. The van der Waals surface area contributed by atoms with Crippen molar-refractivity contribution < 1.29 is 14.7 Å². The highest BCUT2D eigenvalue weighted by atomic mass is 32.1. The third-order valence-electron chi connectivity index (χ3n) is 4.56. The number of para-hydroxylation sites is 1. The molecule has 4 nitrogen and oxygen atoms in total. The number of hydrogen-bond donors (Lipinski definition) is 1. The zero-order chi connectivity index (χ0) is 18.3. The lowest BCUT2D eigenvalue weighted by atomic mass is 9.89. The molecule has 4 rings (SSSR count). The van der Waals surface area contributed by atoms with Crippen LogP contribution in [0.2, 0.25) is 0 Å². The number of amides is 1. The second-order valence-corrected chi connectivity index (χ2v) is 8.68. The molecule has 132 valence electrons. The van der Waals surface area contributed by atoms with Crippen molar-refractivity contribution in [2.24, 2.45) is 0 Å². The minimum Gasteiger partial charge on any atom is -0.375 e. The standard InChI is InChI=1S/C20H17NO3S2/c1-13-8-9-18(26-13)17(22)11-20(24)15-6-2-3-7-16(15)21(19(20)23)12-14-5-4-10-25-14/h2-10,24H,11-12H2,1H3/t20-/m0/s1. The van der Waals surface area contributed by atoms with Crippen LogP contribution in [0.4, 0.5) is 5.69 Å². The first-order chi connectivity index (χ1) is 12.5. The fraction of sp³-hybridized carbons (Fsp3) is 0.200. The quantitative estimate of drug-likeness (QED) is 0.674. The van der Waals surface area contributed by atoms with Crippen molar-refractivity contribution in [3.63, 3.8) is 0 Å². The molecule has 0 spiro atoms. The van der Waals surface area contributed by atoms with E-state index in [4.69, 9.17) is 0 Å². The second-order valence-electron chi connectivity index (χ2n) is 6.36. The van der Waals surface area contributed by atoms with E-state index in [2.05, 4.69) is 0 Å². The minimum absolute atomic E-state index is 0.216. The van der Waals surface area contributed by atoms with Crippen molar-refractivity contribution in [3.8, 4) is 0 Å². The lowest BCUT2D eigenvalue weighted by molar-refractivity contribution is -0.136. The van der Waals surface area contributed by atoms with E-state index in [1.165, 1.54) is 11.3 Å². The molecule has 1 N–H and O–H groups in total. The first-order valence-corrected chi connectivity index (χ1v) is 9.94. The average molecular weight is 383 g/mol. The number of fused-ring (bicyclic) bond motifs is 1. The highest BCUT2D eigenvalue weighted by molar-refractivity contribution is 7.14. The summed E-state index contributed by atoms with van der Waals surface area (Å²) in [6.07, 6.45) is -0.246. The summed E-state index contributed by atoms with van der Waals surface area (Å²) in [5.74, 6) is -0.652. The number of Topliss-reactive ketones (excluding diaryl/α,β-unsaturated/α-hetero) is 1. The Kier molecular flexibility index (Phi) is 4.26.